The molecule has 3 aromatic rings. The average molecular weight is 329 g/mol. The molecule has 7 heteroatoms. The van der Waals surface area contributed by atoms with E-state index in [2.05, 4.69) is 19.9 Å². The maximum Gasteiger partial charge on any atom is 0.227 e. The van der Waals surface area contributed by atoms with Gasteiger partial charge in [-0.3, -0.25) is 0 Å². The lowest BCUT2D eigenvalue weighted by atomic mass is 9.98. The quantitative estimate of drug-likeness (QED) is 0.741. The van der Waals surface area contributed by atoms with Crippen LogP contribution in [0.3, 0.4) is 0 Å². The lowest BCUT2D eigenvalue weighted by molar-refractivity contribution is 0.557. The zero-order valence-corrected chi connectivity index (χ0v) is 13.3. The van der Waals surface area contributed by atoms with Crippen molar-refractivity contribution >= 4 is 17.1 Å². The van der Waals surface area contributed by atoms with Gasteiger partial charge in [-0.25, -0.2) is 18.7 Å². The van der Waals surface area contributed by atoms with Crippen LogP contribution in [0.2, 0.25) is 0 Å². The molecule has 0 radical (unpaired) electrons. The third-order valence-electron chi connectivity index (χ3n) is 4.46. The summed E-state index contributed by atoms with van der Waals surface area (Å²) in [6.07, 6.45) is 5.05. The van der Waals surface area contributed by atoms with Crippen LogP contribution in [-0.4, -0.2) is 32.6 Å². The first-order chi connectivity index (χ1) is 11.6. The number of hydrogen-bond donors (Lipinski definition) is 0. The van der Waals surface area contributed by atoms with E-state index in [4.69, 9.17) is 0 Å². The molecule has 0 saturated carbocycles. The summed E-state index contributed by atoms with van der Waals surface area (Å²) in [7, 11) is 1.90. The van der Waals surface area contributed by atoms with Crippen molar-refractivity contribution in [2.75, 3.05) is 18.0 Å². The molecule has 2 aromatic heterocycles. The van der Waals surface area contributed by atoms with Crippen molar-refractivity contribution in [3.05, 3.63) is 47.9 Å². The van der Waals surface area contributed by atoms with Gasteiger partial charge in [-0.15, -0.1) is 0 Å². The molecule has 0 amide bonds. The van der Waals surface area contributed by atoms with Crippen LogP contribution in [0, 0.1) is 17.6 Å². The fourth-order valence-electron chi connectivity index (χ4n) is 3.31. The van der Waals surface area contributed by atoms with Crippen molar-refractivity contribution in [3.8, 4) is 0 Å². The Labute approximate surface area is 138 Å². The summed E-state index contributed by atoms with van der Waals surface area (Å²) in [5.74, 6) is -0.0363. The number of hydrogen-bond acceptors (Lipinski definition) is 4. The molecule has 1 aromatic carbocycles. The van der Waals surface area contributed by atoms with E-state index in [1.165, 1.54) is 12.1 Å². The second kappa shape index (κ2) is 5.81. The fourth-order valence-corrected chi connectivity index (χ4v) is 3.31. The summed E-state index contributed by atoms with van der Waals surface area (Å²) >= 11 is 0. The summed E-state index contributed by atoms with van der Waals surface area (Å²) in [6.45, 7) is 1.62. The van der Waals surface area contributed by atoms with Crippen molar-refractivity contribution in [1.82, 2.24) is 19.5 Å². The zero-order valence-electron chi connectivity index (χ0n) is 13.3. The first-order valence-electron chi connectivity index (χ1n) is 7.92. The van der Waals surface area contributed by atoms with Crippen molar-refractivity contribution < 1.29 is 8.78 Å². The molecule has 1 fully saturated rings. The number of nitrogens with zero attached hydrogens (tertiary/aromatic N) is 5. The zero-order chi connectivity index (χ0) is 16.7. The van der Waals surface area contributed by atoms with Gasteiger partial charge in [0.15, 0.2) is 5.65 Å². The van der Waals surface area contributed by atoms with E-state index in [9.17, 15) is 8.78 Å². The van der Waals surface area contributed by atoms with Gasteiger partial charge in [0.05, 0.1) is 12.5 Å². The molecule has 4 rings (SSSR count). The minimum absolute atomic E-state index is 0.331. The minimum Gasteiger partial charge on any atom is -0.340 e. The Balaban J connectivity index is 1.49. The number of imidazole rings is 1. The summed E-state index contributed by atoms with van der Waals surface area (Å²) < 4.78 is 28.5. The molecule has 0 spiro atoms. The van der Waals surface area contributed by atoms with Crippen molar-refractivity contribution in [3.63, 3.8) is 0 Å². The third-order valence-corrected chi connectivity index (χ3v) is 4.46. The van der Waals surface area contributed by atoms with Gasteiger partial charge >= 0.3 is 0 Å². The SMILES string of the molecule is Cn1cnc2cnc(N3CCC(Cc4cc(F)cc(F)c4)C3)nc21. The number of aryl methyl sites for hydroxylation is 1. The van der Waals surface area contributed by atoms with E-state index < -0.39 is 11.6 Å². The molecule has 24 heavy (non-hydrogen) atoms. The lowest BCUT2D eigenvalue weighted by Gasteiger charge is -2.16. The van der Waals surface area contributed by atoms with Crippen LogP contribution in [0.5, 0.6) is 0 Å². The molecule has 3 heterocycles. The summed E-state index contributed by atoms with van der Waals surface area (Å²) in [6, 6.07) is 3.72. The predicted octanol–water partition coefficient (Wildman–Crippen LogP) is 2.71. The van der Waals surface area contributed by atoms with E-state index in [1.807, 2.05) is 11.6 Å². The van der Waals surface area contributed by atoms with Crippen LogP contribution < -0.4 is 4.90 Å². The van der Waals surface area contributed by atoms with Gasteiger partial charge in [-0.1, -0.05) is 0 Å². The van der Waals surface area contributed by atoms with Gasteiger partial charge in [-0.05, 0) is 36.5 Å². The summed E-state index contributed by atoms with van der Waals surface area (Å²) in [5.41, 5.74) is 2.27. The number of aromatic nitrogens is 4. The average Bonchev–Trinajstić information content (AvgIpc) is 3.13. The number of benzene rings is 1. The maximum atomic E-state index is 13.3. The smallest absolute Gasteiger partial charge is 0.227 e. The molecule has 1 aliphatic heterocycles. The Morgan fingerprint density at radius 3 is 2.75 bits per heavy atom. The normalized spacial score (nSPS) is 17.8. The van der Waals surface area contributed by atoms with Crippen LogP contribution in [0.15, 0.2) is 30.7 Å². The highest BCUT2D eigenvalue weighted by molar-refractivity contribution is 5.70. The Hall–Kier alpha value is -2.57. The first-order valence-corrected chi connectivity index (χ1v) is 7.92. The predicted molar refractivity (Wildman–Crippen MR) is 86.7 cm³/mol. The highest BCUT2D eigenvalue weighted by Crippen LogP contribution is 2.25. The number of halogens is 2. The van der Waals surface area contributed by atoms with Gasteiger partial charge in [0.2, 0.25) is 5.95 Å². The molecule has 1 saturated heterocycles. The van der Waals surface area contributed by atoms with E-state index in [1.54, 1.807) is 12.5 Å². The number of anilines is 1. The Morgan fingerprint density at radius 2 is 1.96 bits per heavy atom. The Morgan fingerprint density at radius 1 is 1.17 bits per heavy atom. The van der Waals surface area contributed by atoms with Crippen LogP contribution in [0.4, 0.5) is 14.7 Å². The van der Waals surface area contributed by atoms with Crippen LogP contribution in [-0.2, 0) is 13.5 Å². The van der Waals surface area contributed by atoms with E-state index in [0.717, 1.165) is 36.7 Å². The van der Waals surface area contributed by atoms with Crippen LogP contribution >= 0.6 is 0 Å². The Kier molecular flexibility index (Phi) is 3.63. The van der Waals surface area contributed by atoms with Crippen LogP contribution in [0.25, 0.3) is 11.2 Å². The van der Waals surface area contributed by atoms with Gasteiger partial charge in [-0.2, -0.15) is 4.98 Å². The Bertz CT molecular complexity index is 872. The van der Waals surface area contributed by atoms with Crippen molar-refractivity contribution in [2.24, 2.45) is 13.0 Å². The lowest BCUT2D eigenvalue weighted by Crippen LogP contribution is -2.22. The molecule has 1 unspecified atom stereocenters. The molecular formula is C17H17F2N5. The van der Waals surface area contributed by atoms with E-state index in [-0.39, 0.29) is 0 Å². The second-order valence-electron chi connectivity index (χ2n) is 6.32. The van der Waals surface area contributed by atoms with E-state index >= 15 is 0 Å². The summed E-state index contributed by atoms with van der Waals surface area (Å²) in [5, 5.41) is 0. The van der Waals surface area contributed by atoms with Crippen molar-refractivity contribution in [1.29, 1.82) is 0 Å². The highest BCUT2D eigenvalue weighted by Gasteiger charge is 2.25. The standard InChI is InChI=1S/C17H17F2N5/c1-23-10-21-15-8-20-17(22-16(15)23)24-3-2-11(9-24)4-12-5-13(18)7-14(19)6-12/h5-8,10-11H,2-4,9H2,1H3. The number of fused-ring (bicyclic) bond motifs is 1. The van der Waals surface area contributed by atoms with Crippen LogP contribution in [0.1, 0.15) is 12.0 Å². The summed E-state index contributed by atoms with van der Waals surface area (Å²) in [4.78, 5) is 15.3. The molecule has 5 nitrogen and oxygen atoms in total. The molecule has 124 valence electrons. The molecule has 1 atom stereocenters. The molecule has 0 N–H and O–H groups in total. The molecule has 0 bridgehead atoms. The molecule has 0 aliphatic carbocycles. The van der Waals surface area contributed by atoms with Gasteiger partial charge < -0.3 is 9.47 Å². The molecular weight excluding hydrogens is 312 g/mol. The highest BCUT2D eigenvalue weighted by atomic mass is 19.1. The number of rotatable bonds is 3. The maximum absolute atomic E-state index is 13.3. The fraction of sp³-hybridized carbons (Fsp3) is 0.353. The largest absolute Gasteiger partial charge is 0.340 e. The third kappa shape index (κ3) is 2.81. The van der Waals surface area contributed by atoms with Crippen molar-refractivity contribution in [2.45, 2.75) is 12.8 Å². The monoisotopic (exact) mass is 329 g/mol. The van der Waals surface area contributed by atoms with Gasteiger partial charge in [0, 0.05) is 26.2 Å². The van der Waals surface area contributed by atoms with Gasteiger partial charge in [0.25, 0.3) is 0 Å². The second-order valence-corrected chi connectivity index (χ2v) is 6.32. The topological polar surface area (TPSA) is 46.8 Å². The molecule has 1 aliphatic rings. The van der Waals surface area contributed by atoms with Gasteiger partial charge in [0.1, 0.15) is 17.2 Å². The van der Waals surface area contributed by atoms with E-state index in [0.29, 0.717) is 23.9 Å². The first kappa shape index (κ1) is 15.0. The minimum atomic E-state index is -0.523.